The van der Waals surface area contributed by atoms with Gasteiger partial charge in [-0.15, -0.1) is 0 Å². The van der Waals surface area contributed by atoms with Gasteiger partial charge in [0, 0.05) is 26.0 Å². The molecule has 2 N–H and O–H groups in total. The minimum atomic E-state index is -0.140. The predicted octanol–water partition coefficient (Wildman–Crippen LogP) is 0.249. The van der Waals surface area contributed by atoms with Crippen molar-refractivity contribution in [2.24, 2.45) is 7.05 Å². The number of nitrogens with one attached hydrogen (secondary N) is 2. The Morgan fingerprint density at radius 3 is 2.86 bits per heavy atom. The molecule has 0 aliphatic rings. The standard InChI is InChI=1S/C10H17N3O/c1-8(11-2)10(14)12-6-9-4-5-13(3)7-9/h4-5,7-8,11H,6H2,1-3H3,(H,12,14). The third-order valence-corrected chi connectivity index (χ3v) is 2.19. The van der Waals surface area contributed by atoms with Crippen LogP contribution in [0, 0.1) is 0 Å². The molecule has 14 heavy (non-hydrogen) atoms. The average molecular weight is 195 g/mol. The third-order valence-electron chi connectivity index (χ3n) is 2.19. The zero-order valence-electron chi connectivity index (χ0n) is 8.87. The van der Waals surface area contributed by atoms with Crippen LogP contribution in [0.4, 0.5) is 0 Å². The van der Waals surface area contributed by atoms with E-state index in [1.807, 2.05) is 37.0 Å². The summed E-state index contributed by atoms with van der Waals surface area (Å²) in [5.74, 6) is 0.0244. The monoisotopic (exact) mass is 195 g/mol. The fourth-order valence-electron chi connectivity index (χ4n) is 1.14. The second-order valence-corrected chi connectivity index (χ2v) is 3.41. The van der Waals surface area contributed by atoms with Crippen molar-refractivity contribution in [3.05, 3.63) is 24.0 Å². The Labute approximate surface area is 84.3 Å². The minimum Gasteiger partial charge on any atom is -0.357 e. The van der Waals surface area contributed by atoms with E-state index in [9.17, 15) is 4.79 Å². The van der Waals surface area contributed by atoms with Crippen LogP contribution in [0.15, 0.2) is 18.5 Å². The van der Waals surface area contributed by atoms with Gasteiger partial charge in [0.1, 0.15) is 0 Å². The lowest BCUT2D eigenvalue weighted by Gasteiger charge is -2.09. The lowest BCUT2D eigenvalue weighted by molar-refractivity contribution is -0.122. The SMILES string of the molecule is CNC(C)C(=O)NCc1ccn(C)c1. The van der Waals surface area contributed by atoms with Crippen LogP contribution in [0.3, 0.4) is 0 Å². The Kier molecular flexibility index (Phi) is 3.71. The van der Waals surface area contributed by atoms with E-state index in [0.29, 0.717) is 6.54 Å². The van der Waals surface area contributed by atoms with E-state index in [2.05, 4.69) is 10.6 Å². The topological polar surface area (TPSA) is 46.1 Å². The third kappa shape index (κ3) is 2.88. The first kappa shape index (κ1) is 10.8. The smallest absolute Gasteiger partial charge is 0.237 e. The maximum atomic E-state index is 11.4. The van der Waals surface area contributed by atoms with E-state index in [1.165, 1.54) is 0 Å². The van der Waals surface area contributed by atoms with Crippen LogP contribution >= 0.6 is 0 Å². The van der Waals surface area contributed by atoms with E-state index >= 15 is 0 Å². The summed E-state index contributed by atoms with van der Waals surface area (Å²) in [6.45, 7) is 2.42. The van der Waals surface area contributed by atoms with Crippen molar-refractivity contribution in [3.63, 3.8) is 0 Å². The molecule has 1 heterocycles. The van der Waals surface area contributed by atoms with Crippen molar-refractivity contribution in [2.45, 2.75) is 19.5 Å². The van der Waals surface area contributed by atoms with Crippen LogP contribution in [0.2, 0.25) is 0 Å². The van der Waals surface area contributed by atoms with E-state index < -0.39 is 0 Å². The highest BCUT2D eigenvalue weighted by atomic mass is 16.2. The molecule has 1 unspecified atom stereocenters. The maximum Gasteiger partial charge on any atom is 0.237 e. The van der Waals surface area contributed by atoms with Crippen molar-refractivity contribution in [1.29, 1.82) is 0 Å². The molecule has 1 rings (SSSR count). The molecule has 0 saturated carbocycles. The van der Waals surface area contributed by atoms with E-state index in [4.69, 9.17) is 0 Å². The van der Waals surface area contributed by atoms with Crippen LogP contribution in [0.25, 0.3) is 0 Å². The highest BCUT2D eigenvalue weighted by molar-refractivity contribution is 5.81. The second kappa shape index (κ2) is 4.81. The van der Waals surface area contributed by atoms with Crippen LogP contribution in [0.1, 0.15) is 12.5 Å². The second-order valence-electron chi connectivity index (χ2n) is 3.41. The summed E-state index contributed by atoms with van der Waals surface area (Å²) >= 11 is 0. The lowest BCUT2D eigenvalue weighted by atomic mass is 10.3. The van der Waals surface area contributed by atoms with Crippen molar-refractivity contribution < 1.29 is 4.79 Å². The number of rotatable bonds is 4. The summed E-state index contributed by atoms with van der Waals surface area (Å²) in [4.78, 5) is 11.4. The molecule has 0 aliphatic carbocycles. The molecule has 0 saturated heterocycles. The van der Waals surface area contributed by atoms with Crippen molar-refractivity contribution in [1.82, 2.24) is 15.2 Å². The largest absolute Gasteiger partial charge is 0.357 e. The van der Waals surface area contributed by atoms with Crippen LogP contribution in [-0.2, 0) is 18.4 Å². The summed E-state index contributed by atoms with van der Waals surface area (Å²) < 4.78 is 1.96. The normalized spacial score (nSPS) is 12.5. The first-order chi connectivity index (χ1) is 6.63. The van der Waals surface area contributed by atoms with Gasteiger partial charge in [-0.3, -0.25) is 4.79 Å². The van der Waals surface area contributed by atoms with E-state index in [-0.39, 0.29) is 11.9 Å². The van der Waals surface area contributed by atoms with E-state index in [0.717, 1.165) is 5.56 Å². The first-order valence-electron chi connectivity index (χ1n) is 4.69. The first-order valence-corrected chi connectivity index (χ1v) is 4.69. The Morgan fingerprint density at radius 2 is 2.36 bits per heavy atom. The van der Waals surface area contributed by atoms with Gasteiger partial charge >= 0.3 is 0 Å². The molecule has 0 bridgehead atoms. The fraction of sp³-hybridized carbons (Fsp3) is 0.500. The molecule has 78 valence electrons. The van der Waals surface area contributed by atoms with Gasteiger partial charge in [-0.1, -0.05) is 0 Å². The van der Waals surface area contributed by atoms with Gasteiger partial charge in [0.05, 0.1) is 6.04 Å². The Bertz CT molecular complexity index is 306. The molecule has 0 radical (unpaired) electrons. The summed E-state index contributed by atoms with van der Waals surface area (Å²) in [5, 5.41) is 5.74. The van der Waals surface area contributed by atoms with Crippen molar-refractivity contribution in [3.8, 4) is 0 Å². The molecule has 4 nitrogen and oxygen atoms in total. The molecule has 0 aromatic carbocycles. The van der Waals surface area contributed by atoms with Gasteiger partial charge in [-0.05, 0) is 25.6 Å². The Hall–Kier alpha value is -1.29. The number of aromatic nitrogens is 1. The summed E-state index contributed by atoms with van der Waals surface area (Å²) in [6, 6.07) is 1.85. The summed E-state index contributed by atoms with van der Waals surface area (Å²) in [6.07, 6.45) is 3.95. The van der Waals surface area contributed by atoms with Gasteiger partial charge < -0.3 is 15.2 Å². The van der Waals surface area contributed by atoms with Crippen LogP contribution in [0.5, 0.6) is 0 Å². The fourth-order valence-corrected chi connectivity index (χ4v) is 1.14. The number of amides is 1. The maximum absolute atomic E-state index is 11.4. The number of carbonyl (C=O) groups is 1. The predicted molar refractivity (Wildman–Crippen MR) is 55.8 cm³/mol. The summed E-state index contributed by atoms with van der Waals surface area (Å²) in [5.41, 5.74) is 1.11. The quantitative estimate of drug-likeness (QED) is 0.723. The lowest BCUT2D eigenvalue weighted by Crippen LogP contribution is -2.39. The highest BCUT2D eigenvalue weighted by Crippen LogP contribution is 1.98. The molecule has 1 aromatic rings. The van der Waals surface area contributed by atoms with Gasteiger partial charge in [0.15, 0.2) is 0 Å². The molecule has 0 spiro atoms. The average Bonchev–Trinajstić information content (AvgIpc) is 2.59. The number of likely N-dealkylation sites (N-methyl/N-ethyl adjacent to an activating group) is 1. The molecule has 0 fully saturated rings. The summed E-state index contributed by atoms with van der Waals surface area (Å²) in [7, 11) is 3.73. The number of carbonyl (C=O) groups excluding carboxylic acids is 1. The zero-order valence-corrected chi connectivity index (χ0v) is 8.87. The molecule has 1 atom stereocenters. The number of hydrogen-bond acceptors (Lipinski definition) is 2. The van der Waals surface area contributed by atoms with Gasteiger partial charge in [0.2, 0.25) is 5.91 Å². The zero-order chi connectivity index (χ0) is 10.6. The number of nitrogens with zero attached hydrogens (tertiary/aromatic N) is 1. The van der Waals surface area contributed by atoms with Crippen LogP contribution < -0.4 is 10.6 Å². The van der Waals surface area contributed by atoms with Crippen molar-refractivity contribution in [2.75, 3.05) is 7.05 Å². The van der Waals surface area contributed by atoms with E-state index in [1.54, 1.807) is 7.05 Å². The molecular formula is C10H17N3O. The van der Waals surface area contributed by atoms with Gasteiger partial charge in [0.25, 0.3) is 0 Å². The molecule has 1 aromatic heterocycles. The molecule has 0 aliphatic heterocycles. The number of hydrogen-bond donors (Lipinski definition) is 2. The molecule has 1 amide bonds. The van der Waals surface area contributed by atoms with Crippen LogP contribution in [-0.4, -0.2) is 23.6 Å². The van der Waals surface area contributed by atoms with Gasteiger partial charge in [-0.2, -0.15) is 0 Å². The molecule has 4 heteroatoms. The highest BCUT2D eigenvalue weighted by Gasteiger charge is 2.08. The van der Waals surface area contributed by atoms with Crippen molar-refractivity contribution >= 4 is 5.91 Å². The Morgan fingerprint density at radius 1 is 1.64 bits per heavy atom. The molecular weight excluding hydrogens is 178 g/mol. The Balaban J connectivity index is 2.37. The van der Waals surface area contributed by atoms with Gasteiger partial charge in [-0.25, -0.2) is 0 Å². The minimum absolute atomic E-state index is 0.0244. The number of aryl methyl sites for hydroxylation is 1.